The Hall–Kier alpha value is -0.640. The second-order valence-corrected chi connectivity index (χ2v) is 9.22. The van der Waals surface area contributed by atoms with E-state index < -0.39 is 0 Å². The van der Waals surface area contributed by atoms with Crippen LogP contribution in [0.15, 0.2) is 24.3 Å². The van der Waals surface area contributed by atoms with Crippen molar-refractivity contribution in [3.05, 3.63) is 24.3 Å². The summed E-state index contributed by atoms with van der Waals surface area (Å²) in [6.07, 6.45) is 11.3. The summed E-state index contributed by atoms with van der Waals surface area (Å²) in [4.78, 5) is 0. The molecule has 1 N–H and O–H groups in total. The number of allylic oxidation sites excluding steroid dienone is 1. The minimum atomic E-state index is -0.195. The van der Waals surface area contributed by atoms with Gasteiger partial charge in [-0.15, -0.1) is 6.58 Å². The molecule has 3 nitrogen and oxygen atoms in total. The summed E-state index contributed by atoms with van der Waals surface area (Å²) in [6.45, 7) is 9.12. The molecule has 24 heavy (non-hydrogen) atoms. The molecule has 1 spiro atoms. The molecule has 2 aliphatic heterocycles. The molecule has 134 valence electrons. The molecule has 3 heteroatoms. The normalized spacial score (nSPS) is 53.1. The van der Waals surface area contributed by atoms with Gasteiger partial charge < -0.3 is 14.6 Å². The lowest BCUT2D eigenvalue weighted by atomic mass is 9.41. The van der Waals surface area contributed by atoms with E-state index in [1.54, 1.807) is 7.11 Å². The molecule has 2 heterocycles. The van der Waals surface area contributed by atoms with Crippen LogP contribution in [0, 0.1) is 28.1 Å². The molecule has 7 atom stereocenters. The first-order valence-corrected chi connectivity index (χ1v) is 9.56. The number of hydrogen-bond acceptors (Lipinski definition) is 3. The van der Waals surface area contributed by atoms with E-state index >= 15 is 0 Å². The Bertz CT molecular complexity index is 569. The van der Waals surface area contributed by atoms with Crippen LogP contribution in [0.5, 0.6) is 0 Å². The topological polar surface area (TPSA) is 38.7 Å². The number of aliphatic hydroxyl groups is 1. The molecular weight excluding hydrogens is 300 g/mol. The number of fused-ring (bicyclic) bond motifs is 2. The highest BCUT2D eigenvalue weighted by Crippen LogP contribution is 2.69. The third kappa shape index (κ3) is 2.01. The van der Waals surface area contributed by atoms with Crippen molar-refractivity contribution >= 4 is 0 Å². The molecule has 5 aliphatic rings. The first kappa shape index (κ1) is 16.8. The van der Waals surface area contributed by atoms with E-state index in [0.717, 1.165) is 18.8 Å². The number of aliphatic hydroxyl groups excluding tert-OH is 1. The summed E-state index contributed by atoms with van der Waals surface area (Å²) in [5.41, 5.74) is 1.66. The molecule has 1 saturated heterocycles. The minimum Gasteiger partial charge on any atom is -0.392 e. The van der Waals surface area contributed by atoms with Crippen molar-refractivity contribution < 1.29 is 14.6 Å². The lowest BCUT2D eigenvalue weighted by Gasteiger charge is -2.67. The van der Waals surface area contributed by atoms with Gasteiger partial charge in [0.25, 0.3) is 0 Å². The highest BCUT2D eigenvalue weighted by Gasteiger charge is 2.66. The molecule has 3 aliphatic carbocycles. The molecule has 0 radical (unpaired) electrons. The fraction of sp³-hybridized carbons (Fsp3) is 0.810. The van der Waals surface area contributed by atoms with Gasteiger partial charge in [0.15, 0.2) is 6.29 Å². The van der Waals surface area contributed by atoms with Crippen molar-refractivity contribution in [2.45, 2.75) is 64.8 Å². The first-order valence-electron chi connectivity index (χ1n) is 9.56. The van der Waals surface area contributed by atoms with E-state index in [1.165, 1.54) is 31.3 Å². The molecule has 2 unspecified atom stereocenters. The van der Waals surface area contributed by atoms with Crippen LogP contribution in [0.25, 0.3) is 0 Å². The quantitative estimate of drug-likeness (QED) is 0.792. The van der Waals surface area contributed by atoms with Crippen LogP contribution in [0.2, 0.25) is 0 Å². The molecule has 0 aromatic carbocycles. The van der Waals surface area contributed by atoms with E-state index in [1.807, 2.05) is 0 Å². The van der Waals surface area contributed by atoms with Crippen LogP contribution in [0.3, 0.4) is 0 Å². The van der Waals surface area contributed by atoms with Gasteiger partial charge in [0, 0.05) is 12.5 Å². The summed E-state index contributed by atoms with van der Waals surface area (Å²) in [5, 5.41) is 10.1. The van der Waals surface area contributed by atoms with Crippen LogP contribution in [-0.4, -0.2) is 31.2 Å². The molecule has 2 bridgehead atoms. The van der Waals surface area contributed by atoms with E-state index in [9.17, 15) is 5.11 Å². The Kier molecular flexibility index (Phi) is 3.80. The molecule has 5 rings (SSSR count). The van der Waals surface area contributed by atoms with Crippen molar-refractivity contribution in [1.29, 1.82) is 0 Å². The fourth-order valence-corrected chi connectivity index (χ4v) is 6.73. The molecule has 2 saturated carbocycles. The SMILES string of the molecule is C=C[C@@]1(C)CC[C@]2(C)C3C[C@H]4C=C(CO)[C@]3(CC[C@H]2C1)C(OC)O4. The van der Waals surface area contributed by atoms with Gasteiger partial charge in [-0.1, -0.05) is 26.0 Å². The van der Waals surface area contributed by atoms with Gasteiger partial charge >= 0.3 is 0 Å². The number of hydrogen-bond donors (Lipinski definition) is 1. The number of rotatable bonds is 3. The summed E-state index contributed by atoms with van der Waals surface area (Å²) in [5.74, 6) is 1.29. The zero-order chi connectivity index (χ0) is 17.2. The highest BCUT2D eigenvalue weighted by atomic mass is 16.7. The van der Waals surface area contributed by atoms with Gasteiger partial charge in [-0.2, -0.15) is 0 Å². The molecule has 3 fully saturated rings. The average molecular weight is 332 g/mol. The van der Waals surface area contributed by atoms with Crippen molar-refractivity contribution in [2.75, 3.05) is 13.7 Å². The van der Waals surface area contributed by atoms with Crippen molar-refractivity contribution in [2.24, 2.45) is 28.1 Å². The Morgan fingerprint density at radius 2 is 2.17 bits per heavy atom. The second kappa shape index (κ2) is 5.43. The first-order chi connectivity index (χ1) is 11.4. The molecule has 0 aromatic heterocycles. The van der Waals surface area contributed by atoms with Gasteiger partial charge in [-0.05, 0) is 66.8 Å². The van der Waals surface area contributed by atoms with Gasteiger partial charge in [-0.3, -0.25) is 0 Å². The Morgan fingerprint density at radius 3 is 2.83 bits per heavy atom. The Labute approximate surface area is 146 Å². The van der Waals surface area contributed by atoms with E-state index in [0.29, 0.717) is 11.3 Å². The van der Waals surface area contributed by atoms with E-state index in [2.05, 4.69) is 32.6 Å². The van der Waals surface area contributed by atoms with E-state index in [-0.39, 0.29) is 29.8 Å². The summed E-state index contributed by atoms with van der Waals surface area (Å²) in [7, 11) is 1.76. The van der Waals surface area contributed by atoms with Crippen LogP contribution >= 0.6 is 0 Å². The largest absolute Gasteiger partial charge is 0.392 e. The molecule has 0 amide bonds. The highest BCUT2D eigenvalue weighted by molar-refractivity contribution is 5.31. The maximum atomic E-state index is 10.1. The third-order valence-corrected chi connectivity index (χ3v) is 8.25. The smallest absolute Gasteiger partial charge is 0.167 e. The average Bonchev–Trinajstić information content (AvgIpc) is 2.61. The van der Waals surface area contributed by atoms with Crippen LogP contribution in [-0.2, 0) is 9.47 Å². The van der Waals surface area contributed by atoms with Gasteiger partial charge in [0.2, 0.25) is 0 Å². The van der Waals surface area contributed by atoms with Gasteiger partial charge in [0.05, 0.1) is 12.7 Å². The number of ether oxygens (including phenoxy) is 2. The summed E-state index contributed by atoms with van der Waals surface area (Å²) in [6, 6.07) is 0. The monoisotopic (exact) mass is 332 g/mol. The lowest BCUT2D eigenvalue weighted by Crippen LogP contribution is -2.64. The maximum absolute atomic E-state index is 10.1. The zero-order valence-corrected chi connectivity index (χ0v) is 15.4. The predicted molar refractivity (Wildman–Crippen MR) is 94.4 cm³/mol. The third-order valence-electron chi connectivity index (χ3n) is 8.25. The van der Waals surface area contributed by atoms with Gasteiger partial charge in [-0.25, -0.2) is 0 Å². The Balaban J connectivity index is 1.75. The van der Waals surface area contributed by atoms with Gasteiger partial charge in [0.1, 0.15) is 0 Å². The van der Waals surface area contributed by atoms with Crippen LogP contribution < -0.4 is 0 Å². The second-order valence-electron chi connectivity index (χ2n) is 9.22. The van der Waals surface area contributed by atoms with Crippen LogP contribution in [0.4, 0.5) is 0 Å². The zero-order valence-electron chi connectivity index (χ0n) is 15.4. The maximum Gasteiger partial charge on any atom is 0.167 e. The minimum absolute atomic E-state index is 0.104. The molecular formula is C21H32O3. The number of methoxy groups -OCH3 is 1. The van der Waals surface area contributed by atoms with Crippen molar-refractivity contribution in [3.63, 3.8) is 0 Å². The fourth-order valence-electron chi connectivity index (χ4n) is 6.73. The lowest BCUT2D eigenvalue weighted by molar-refractivity contribution is -0.294. The summed E-state index contributed by atoms with van der Waals surface area (Å²) >= 11 is 0. The Morgan fingerprint density at radius 1 is 1.38 bits per heavy atom. The van der Waals surface area contributed by atoms with Crippen LogP contribution in [0.1, 0.15) is 52.4 Å². The van der Waals surface area contributed by atoms with Crippen molar-refractivity contribution in [1.82, 2.24) is 0 Å². The van der Waals surface area contributed by atoms with Crippen molar-refractivity contribution in [3.8, 4) is 0 Å². The van der Waals surface area contributed by atoms with E-state index in [4.69, 9.17) is 9.47 Å². The standard InChI is InChI=1S/C21H32O3/c1-5-19(2)8-9-20(3)14(12-19)6-7-21-15(13-22)10-16(11-17(20)21)24-18(21)23-4/h5,10,14,16-18,22H,1,6-9,11-13H2,2-4H3/t14-,16+,17?,18?,19-,20-,21-/m0/s1. The predicted octanol–water partition coefficient (Wildman–Crippen LogP) is 4.08. The summed E-state index contributed by atoms with van der Waals surface area (Å²) < 4.78 is 12.0. The molecule has 0 aromatic rings.